The second-order valence-corrected chi connectivity index (χ2v) is 4.32. The van der Waals surface area contributed by atoms with Crippen LogP contribution in [0.3, 0.4) is 0 Å². The zero-order valence-electron chi connectivity index (χ0n) is 8.90. The second kappa shape index (κ2) is 3.86. The number of halogens is 1. The Hall–Kier alpha value is -1.87. The summed E-state index contributed by atoms with van der Waals surface area (Å²) >= 11 is 5.84. The van der Waals surface area contributed by atoms with Crippen molar-refractivity contribution in [3.63, 3.8) is 0 Å². The van der Waals surface area contributed by atoms with Gasteiger partial charge in [-0.3, -0.25) is 4.79 Å². The van der Waals surface area contributed by atoms with Crippen LogP contribution in [0.5, 0.6) is 0 Å². The van der Waals surface area contributed by atoms with Crippen molar-refractivity contribution in [3.05, 3.63) is 47.2 Å². The molecule has 2 aromatic rings. The predicted octanol–water partition coefficient (Wildman–Crippen LogP) is 2.90. The van der Waals surface area contributed by atoms with Gasteiger partial charge in [0.25, 0.3) is 0 Å². The maximum absolute atomic E-state index is 11.7. The Labute approximate surface area is 103 Å². The van der Waals surface area contributed by atoms with Crippen LogP contribution in [-0.4, -0.2) is 10.9 Å². The van der Waals surface area contributed by atoms with E-state index in [1.54, 1.807) is 12.3 Å². The van der Waals surface area contributed by atoms with E-state index in [2.05, 4.69) is 10.3 Å². The minimum Gasteiger partial charge on any atom is -0.325 e. The van der Waals surface area contributed by atoms with Gasteiger partial charge in [-0.15, -0.1) is 0 Å². The number of nitrogens with zero attached hydrogens (tertiary/aromatic N) is 1. The number of aromatic nitrogens is 1. The largest absolute Gasteiger partial charge is 0.325 e. The first-order valence-corrected chi connectivity index (χ1v) is 5.65. The zero-order chi connectivity index (χ0) is 11.8. The van der Waals surface area contributed by atoms with E-state index in [4.69, 9.17) is 11.6 Å². The number of amides is 1. The molecule has 1 aliphatic heterocycles. The second-order valence-electron chi connectivity index (χ2n) is 3.93. The summed E-state index contributed by atoms with van der Waals surface area (Å²) in [6.45, 7) is 0. The molecule has 4 heteroatoms. The highest BCUT2D eigenvalue weighted by molar-refractivity contribution is 6.29. The lowest BCUT2D eigenvalue weighted by molar-refractivity contribution is -0.115. The first-order chi connectivity index (χ1) is 8.24. The molecule has 0 saturated carbocycles. The van der Waals surface area contributed by atoms with Crippen LogP contribution in [0.4, 0.5) is 5.69 Å². The number of benzene rings is 1. The third kappa shape index (κ3) is 1.78. The van der Waals surface area contributed by atoms with Crippen LogP contribution >= 0.6 is 11.6 Å². The van der Waals surface area contributed by atoms with Gasteiger partial charge in [0.15, 0.2) is 0 Å². The fraction of sp³-hybridized carbons (Fsp3) is 0.0769. The van der Waals surface area contributed by atoms with E-state index in [1.807, 2.05) is 24.3 Å². The van der Waals surface area contributed by atoms with Gasteiger partial charge in [0.2, 0.25) is 5.91 Å². The van der Waals surface area contributed by atoms with Gasteiger partial charge in [-0.05, 0) is 17.2 Å². The van der Waals surface area contributed by atoms with Crippen LogP contribution in [0, 0.1) is 0 Å². The third-order valence-corrected chi connectivity index (χ3v) is 3.01. The Morgan fingerprint density at radius 2 is 2.06 bits per heavy atom. The Morgan fingerprint density at radius 1 is 1.24 bits per heavy atom. The summed E-state index contributed by atoms with van der Waals surface area (Å²) < 4.78 is 0. The van der Waals surface area contributed by atoms with Crippen LogP contribution in [-0.2, 0) is 11.2 Å². The summed E-state index contributed by atoms with van der Waals surface area (Å²) in [5.41, 5.74) is 3.67. The van der Waals surface area contributed by atoms with Gasteiger partial charge < -0.3 is 5.32 Å². The molecule has 0 spiro atoms. The van der Waals surface area contributed by atoms with E-state index >= 15 is 0 Å². The maximum Gasteiger partial charge on any atom is 0.228 e. The Bertz CT molecular complexity index is 610. The molecule has 1 N–H and O–H groups in total. The summed E-state index contributed by atoms with van der Waals surface area (Å²) in [7, 11) is 0. The van der Waals surface area contributed by atoms with Gasteiger partial charge in [-0.1, -0.05) is 35.9 Å². The molecule has 0 bridgehead atoms. The van der Waals surface area contributed by atoms with Crippen LogP contribution in [0.15, 0.2) is 36.5 Å². The third-order valence-electron chi connectivity index (χ3n) is 2.80. The highest BCUT2D eigenvalue weighted by Gasteiger charge is 2.18. The van der Waals surface area contributed by atoms with Crippen LogP contribution in [0.25, 0.3) is 11.1 Å². The van der Waals surface area contributed by atoms with Gasteiger partial charge in [0.05, 0.1) is 12.1 Å². The number of rotatable bonds is 0. The summed E-state index contributed by atoms with van der Waals surface area (Å²) in [4.78, 5) is 15.8. The van der Waals surface area contributed by atoms with Gasteiger partial charge >= 0.3 is 0 Å². The molecule has 3 rings (SSSR count). The van der Waals surface area contributed by atoms with Crippen molar-refractivity contribution < 1.29 is 4.79 Å². The normalized spacial score (nSPS) is 13.4. The van der Waals surface area contributed by atoms with Crippen molar-refractivity contribution in [3.8, 4) is 11.1 Å². The fourth-order valence-electron chi connectivity index (χ4n) is 2.05. The smallest absolute Gasteiger partial charge is 0.228 e. The van der Waals surface area contributed by atoms with Crippen molar-refractivity contribution in [2.45, 2.75) is 6.42 Å². The van der Waals surface area contributed by atoms with Gasteiger partial charge in [-0.2, -0.15) is 0 Å². The molecule has 3 nitrogen and oxygen atoms in total. The van der Waals surface area contributed by atoms with E-state index in [9.17, 15) is 4.79 Å². The molecule has 0 fully saturated rings. The highest BCUT2D eigenvalue weighted by Crippen LogP contribution is 2.34. The van der Waals surface area contributed by atoms with Crippen molar-refractivity contribution in [2.75, 3.05) is 5.32 Å². The lowest BCUT2D eigenvalue weighted by atomic mass is 9.99. The molecule has 0 radical (unpaired) electrons. The molecular weight excluding hydrogens is 236 g/mol. The zero-order valence-corrected chi connectivity index (χ0v) is 9.66. The average molecular weight is 245 g/mol. The molecule has 1 aromatic heterocycles. The molecular formula is C13H9ClN2O. The minimum absolute atomic E-state index is 0.0292. The van der Waals surface area contributed by atoms with Gasteiger partial charge in [0.1, 0.15) is 5.15 Å². The van der Waals surface area contributed by atoms with Gasteiger partial charge in [-0.25, -0.2) is 4.98 Å². The van der Waals surface area contributed by atoms with Crippen molar-refractivity contribution >= 4 is 23.2 Å². The van der Waals surface area contributed by atoms with E-state index < -0.39 is 0 Å². The number of carbonyl (C=O) groups is 1. The topological polar surface area (TPSA) is 42.0 Å². The lowest BCUT2D eigenvalue weighted by Crippen LogP contribution is -2.12. The van der Waals surface area contributed by atoms with E-state index in [-0.39, 0.29) is 5.91 Å². The number of nitrogens with one attached hydrogen (secondary N) is 1. The molecule has 0 saturated heterocycles. The fourth-order valence-corrected chi connectivity index (χ4v) is 2.21. The molecule has 0 atom stereocenters. The van der Waals surface area contributed by atoms with Gasteiger partial charge in [0, 0.05) is 11.8 Å². The van der Waals surface area contributed by atoms with Crippen molar-refractivity contribution in [2.24, 2.45) is 0 Å². The molecule has 0 unspecified atom stereocenters. The van der Waals surface area contributed by atoms with E-state index in [0.717, 1.165) is 22.4 Å². The first kappa shape index (κ1) is 10.3. The maximum atomic E-state index is 11.7. The predicted molar refractivity (Wildman–Crippen MR) is 67.0 cm³/mol. The number of anilines is 1. The molecule has 1 amide bonds. The summed E-state index contributed by atoms with van der Waals surface area (Å²) in [6.07, 6.45) is 2.07. The number of hydrogen-bond donors (Lipinski definition) is 1. The average Bonchev–Trinajstić information content (AvgIpc) is 2.43. The van der Waals surface area contributed by atoms with Crippen LogP contribution < -0.4 is 5.32 Å². The molecule has 2 heterocycles. The quantitative estimate of drug-likeness (QED) is 0.724. The summed E-state index contributed by atoms with van der Waals surface area (Å²) in [5, 5.41) is 3.22. The summed E-state index contributed by atoms with van der Waals surface area (Å²) in [5.74, 6) is -0.0292. The molecule has 17 heavy (non-hydrogen) atoms. The Kier molecular flexibility index (Phi) is 2.34. The molecule has 0 aliphatic carbocycles. The van der Waals surface area contributed by atoms with Crippen LogP contribution in [0.2, 0.25) is 5.15 Å². The standard InChI is InChI=1S/C13H9ClN2O/c14-12-6-11-10(7-15-12)9-4-2-1-3-8(9)5-13(17)16-11/h1-4,6-7H,5H2,(H,16,17). The molecule has 84 valence electrons. The van der Waals surface area contributed by atoms with E-state index in [0.29, 0.717) is 11.6 Å². The number of hydrogen-bond acceptors (Lipinski definition) is 2. The molecule has 1 aliphatic rings. The summed E-state index contributed by atoms with van der Waals surface area (Å²) in [6, 6.07) is 9.51. The number of pyridine rings is 1. The van der Waals surface area contributed by atoms with Crippen LogP contribution in [0.1, 0.15) is 5.56 Å². The SMILES string of the molecule is O=C1Cc2ccccc2-c2cnc(Cl)cc2N1. The minimum atomic E-state index is -0.0292. The number of carbonyl (C=O) groups excluding carboxylic acids is 1. The van der Waals surface area contributed by atoms with Crippen molar-refractivity contribution in [1.29, 1.82) is 0 Å². The van der Waals surface area contributed by atoms with Crippen molar-refractivity contribution in [1.82, 2.24) is 4.98 Å². The highest BCUT2D eigenvalue weighted by atomic mass is 35.5. The monoisotopic (exact) mass is 244 g/mol. The number of fused-ring (bicyclic) bond motifs is 3. The molecule has 1 aromatic carbocycles. The Morgan fingerprint density at radius 3 is 2.94 bits per heavy atom. The first-order valence-electron chi connectivity index (χ1n) is 5.28. The lowest BCUT2D eigenvalue weighted by Gasteiger charge is -2.07. The Balaban J connectivity index is 2.29. The van der Waals surface area contributed by atoms with E-state index in [1.165, 1.54) is 0 Å².